The number of sulfonamides is 1. The molecular weight excluding hydrogens is 281 g/mol. The summed E-state index contributed by atoms with van der Waals surface area (Å²) in [6.45, 7) is 3.46. The van der Waals surface area contributed by atoms with Crippen molar-refractivity contribution in [1.29, 1.82) is 0 Å². The van der Waals surface area contributed by atoms with Crippen LogP contribution in [0.3, 0.4) is 0 Å². The lowest BCUT2D eigenvalue weighted by atomic mass is 10.2. The molecule has 0 aliphatic carbocycles. The quantitative estimate of drug-likeness (QED) is 0.941. The minimum Gasteiger partial charge on any atom is -0.279 e. The predicted octanol–water partition coefficient (Wildman–Crippen LogP) is 2.23. The van der Waals surface area contributed by atoms with Gasteiger partial charge in [0.05, 0.1) is 5.69 Å². The Morgan fingerprint density at radius 1 is 1.30 bits per heavy atom. The zero-order valence-electron chi connectivity index (χ0n) is 11.5. The normalized spacial score (nSPS) is 11.6. The van der Waals surface area contributed by atoms with Crippen LogP contribution < -0.4 is 4.72 Å². The summed E-state index contributed by atoms with van der Waals surface area (Å²) in [6, 6.07) is 6.95. The van der Waals surface area contributed by atoms with Gasteiger partial charge >= 0.3 is 0 Å². The van der Waals surface area contributed by atoms with E-state index < -0.39 is 20.9 Å². The lowest BCUT2D eigenvalue weighted by Gasteiger charge is -2.08. The summed E-state index contributed by atoms with van der Waals surface area (Å²) in [6.07, 6.45) is 0.864. The molecule has 0 fully saturated rings. The second-order valence-corrected chi connectivity index (χ2v) is 6.10. The molecular formula is C13H16FN3O2S. The van der Waals surface area contributed by atoms with Gasteiger partial charge in [0.25, 0.3) is 10.0 Å². The van der Waals surface area contributed by atoms with Crippen molar-refractivity contribution in [3.8, 4) is 0 Å². The standard InChI is InChI=1S/C13H16FN3O2S/c1-4-10-5-7-11(8-6-10)16-20(18,19)12-9(2)15-17(3)13(12)14/h5-8,16H,4H2,1-3H3. The molecule has 1 heterocycles. The van der Waals surface area contributed by atoms with Crippen molar-refractivity contribution in [3.63, 3.8) is 0 Å². The van der Waals surface area contributed by atoms with Gasteiger partial charge < -0.3 is 0 Å². The Labute approximate surface area is 117 Å². The van der Waals surface area contributed by atoms with Gasteiger partial charge in [-0.2, -0.15) is 9.49 Å². The Morgan fingerprint density at radius 3 is 2.35 bits per heavy atom. The summed E-state index contributed by atoms with van der Waals surface area (Å²) in [5, 5.41) is 3.77. The first kappa shape index (κ1) is 14.5. The predicted molar refractivity (Wildman–Crippen MR) is 74.5 cm³/mol. The molecule has 0 aliphatic heterocycles. The Morgan fingerprint density at radius 2 is 1.90 bits per heavy atom. The van der Waals surface area contributed by atoms with Gasteiger partial charge in [-0.3, -0.25) is 4.72 Å². The van der Waals surface area contributed by atoms with Crippen LogP contribution >= 0.6 is 0 Å². The van der Waals surface area contributed by atoms with Crippen LogP contribution in [0, 0.1) is 12.9 Å². The van der Waals surface area contributed by atoms with Crippen molar-refractivity contribution in [2.75, 3.05) is 4.72 Å². The number of hydrogen-bond acceptors (Lipinski definition) is 3. The van der Waals surface area contributed by atoms with E-state index in [0.717, 1.165) is 16.7 Å². The summed E-state index contributed by atoms with van der Waals surface area (Å²) in [5.74, 6) is -0.875. The van der Waals surface area contributed by atoms with Crippen LogP contribution in [0.4, 0.5) is 10.1 Å². The Bertz CT molecular complexity index is 721. The molecule has 1 aromatic carbocycles. The number of hydrogen-bond donors (Lipinski definition) is 1. The second kappa shape index (κ2) is 5.24. The van der Waals surface area contributed by atoms with Gasteiger partial charge in [0.15, 0.2) is 4.90 Å². The first-order valence-corrected chi connectivity index (χ1v) is 7.64. The second-order valence-electron chi connectivity index (χ2n) is 4.48. The topological polar surface area (TPSA) is 64.0 Å². The lowest BCUT2D eigenvalue weighted by Crippen LogP contribution is -2.15. The van der Waals surface area contributed by atoms with E-state index in [0.29, 0.717) is 5.69 Å². The van der Waals surface area contributed by atoms with Gasteiger partial charge in [-0.1, -0.05) is 19.1 Å². The SMILES string of the molecule is CCc1ccc(NS(=O)(=O)c2c(C)nn(C)c2F)cc1. The van der Waals surface area contributed by atoms with Crippen molar-refractivity contribution in [1.82, 2.24) is 9.78 Å². The largest absolute Gasteiger partial charge is 0.279 e. The molecule has 1 aromatic heterocycles. The molecule has 0 radical (unpaired) electrons. The molecule has 0 spiro atoms. The molecule has 0 aliphatic rings. The summed E-state index contributed by atoms with van der Waals surface area (Å²) in [5.41, 5.74) is 1.62. The van der Waals surface area contributed by atoms with Gasteiger partial charge in [0, 0.05) is 12.7 Å². The van der Waals surface area contributed by atoms with E-state index in [1.54, 1.807) is 12.1 Å². The van der Waals surface area contributed by atoms with Gasteiger partial charge in [0.1, 0.15) is 0 Å². The zero-order chi connectivity index (χ0) is 14.9. The number of nitrogens with one attached hydrogen (secondary N) is 1. The summed E-state index contributed by atoms with van der Waals surface area (Å²) < 4.78 is 41.5. The number of aromatic nitrogens is 2. The van der Waals surface area contributed by atoms with Crippen LogP contribution in [0.25, 0.3) is 0 Å². The van der Waals surface area contributed by atoms with E-state index >= 15 is 0 Å². The van der Waals surface area contributed by atoms with Crippen LogP contribution in [-0.2, 0) is 23.5 Å². The van der Waals surface area contributed by atoms with Gasteiger partial charge in [-0.15, -0.1) is 0 Å². The lowest BCUT2D eigenvalue weighted by molar-refractivity contribution is 0.483. The third kappa shape index (κ3) is 2.67. The van der Waals surface area contributed by atoms with E-state index in [2.05, 4.69) is 9.82 Å². The molecule has 2 rings (SSSR count). The summed E-state index contributed by atoms with van der Waals surface area (Å²) >= 11 is 0. The van der Waals surface area contributed by atoms with Crippen molar-refractivity contribution in [2.45, 2.75) is 25.2 Å². The third-order valence-corrected chi connectivity index (χ3v) is 4.49. The molecule has 0 bridgehead atoms. The minimum absolute atomic E-state index is 0.127. The third-order valence-electron chi connectivity index (χ3n) is 2.98. The summed E-state index contributed by atoms with van der Waals surface area (Å²) in [7, 11) is -2.62. The number of benzene rings is 1. The highest BCUT2D eigenvalue weighted by Gasteiger charge is 2.26. The molecule has 108 valence electrons. The fraction of sp³-hybridized carbons (Fsp3) is 0.308. The molecule has 0 unspecified atom stereocenters. The first-order chi connectivity index (χ1) is 9.35. The molecule has 0 saturated carbocycles. The van der Waals surface area contributed by atoms with Crippen molar-refractivity contribution in [3.05, 3.63) is 41.5 Å². The average molecular weight is 297 g/mol. The van der Waals surface area contributed by atoms with Crippen LogP contribution in [-0.4, -0.2) is 18.2 Å². The van der Waals surface area contributed by atoms with Crippen LogP contribution in [0.2, 0.25) is 0 Å². The van der Waals surface area contributed by atoms with E-state index in [-0.39, 0.29) is 5.69 Å². The highest BCUT2D eigenvalue weighted by atomic mass is 32.2. The van der Waals surface area contributed by atoms with Crippen molar-refractivity contribution < 1.29 is 12.8 Å². The summed E-state index contributed by atoms with van der Waals surface area (Å²) in [4.78, 5) is -0.417. The first-order valence-electron chi connectivity index (χ1n) is 6.16. The van der Waals surface area contributed by atoms with E-state index in [1.807, 2.05) is 19.1 Å². The Kier molecular flexibility index (Phi) is 3.80. The molecule has 1 N–H and O–H groups in total. The van der Waals surface area contributed by atoms with Crippen molar-refractivity contribution in [2.24, 2.45) is 7.05 Å². The maximum atomic E-state index is 13.8. The minimum atomic E-state index is -3.98. The highest BCUT2D eigenvalue weighted by molar-refractivity contribution is 7.92. The van der Waals surface area contributed by atoms with Crippen LogP contribution in [0.15, 0.2) is 29.2 Å². The molecule has 5 nitrogen and oxygen atoms in total. The molecule has 0 saturated heterocycles. The number of halogens is 1. The van der Waals surface area contributed by atoms with E-state index in [1.165, 1.54) is 14.0 Å². The van der Waals surface area contributed by atoms with Gasteiger partial charge in [-0.05, 0) is 31.0 Å². The molecule has 7 heteroatoms. The number of rotatable bonds is 4. The molecule has 20 heavy (non-hydrogen) atoms. The Hall–Kier alpha value is -1.89. The van der Waals surface area contributed by atoms with Gasteiger partial charge in [0.2, 0.25) is 5.95 Å². The fourth-order valence-corrected chi connectivity index (χ4v) is 3.26. The maximum Gasteiger partial charge on any atom is 0.268 e. The van der Waals surface area contributed by atoms with E-state index in [4.69, 9.17) is 0 Å². The fourth-order valence-electron chi connectivity index (χ4n) is 1.93. The maximum absolute atomic E-state index is 13.8. The number of aryl methyl sites for hydroxylation is 3. The Balaban J connectivity index is 2.35. The van der Waals surface area contributed by atoms with Crippen LogP contribution in [0.5, 0.6) is 0 Å². The van der Waals surface area contributed by atoms with E-state index in [9.17, 15) is 12.8 Å². The monoisotopic (exact) mass is 297 g/mol. The molecule has 0 amide bonds. The molecule has 2 aromatic rings. The van der Waals surface area contributed by atoms with Crippen LogP contribution in [0.1, 0.15) is 18.2 Å². The average Bonchev–Trinajstić information content (AvgIpc) is 2.64. The number of anilines is 1. The number of nitrogens with zero attached hydrogens (tertiary/aromatic N) is 2. The zero-order valence-corrected chi connectivity index (χ0v) is 12.3. The highest BCUT2D eigenvalue weighted by Crippen LogP contribution is 2.21. The molecule has 0 atom stereocenters. The van der Waals surface area contributed by atoms with Gasteiger partial charge in [-0.25, -0.2) is 13.1 Å². The van der Waals surface area contributed by atoms with Crippen molar-refractivity contribution >= 4 is 15.7 Å². The smallest absolute Gasteiger partial charge is 0.268 e.